The summed E-state index contributed by atoms with van der Waals surface area (Å²) in [7, 11) is 1.86. The summed E-state index contributed by atoms with van der Waals surface area (Å²) in [5.74, 6) is 0.529. The molecule has 3 heteroatoms. The minimum atomic E-state index is -0.0566. The maximum absolute atomic E-state index is 11.2. The highest BCUT2D eigenvalue weighted by Gasteiger charge is 2.39. The number of rotatable bonds is 3. The van der Waals surface area contributed by atoms with Crippen molar-refractivity contribution in [3.05, 3.63) is 0 Å². The van der Waals surface area contributed by atoms with E-state index in [4.69, 9.17) is 0 Å². The monoisotopic (exact) mass is 183 g/mol. The number of likely N-dealkylation sites (tertiary alicyclic amines) is 1. The SMILES string of the molecule is CC[C@@H]1C[C@H](C(C)=O)N(C)[C@H]1C=O. The minimum absolute atomic E-state index is 0.0415. The van der Waals surface area contributed by atoms with Crippen molar-refractivity contribution in [2.24, 2.45) is 5.92 Å². The topological polar surface area (TPSA) is 37.4 Å². The van der Waals surface area contributed by atoms with Crippen LogP contribution in [0.25, 0.3) is 0 Å². The van der Waals surface area contributed by atoms with Crippen molar-refractivity contribution in [2.75, 3.05) is 7.05 Å². The van der Waals surface area contributed by atoms with Crippen LogP contribution in [0.2, 0.25) is 0 Å². The van der Waals surface area contributed by atoms with Gasteiger partial charge in [-0.05, 0) is 26.3 Å². The molecule has 0 bridgehead atoms. The van der Waals surface area contributed by atoms with E-state index in [1.54, 1.807) is 6.92 Å². The van der Waals surface area contributed by atoms with Crippen LogP contribution in [0.3, 0.4) is 0 Å². The summed E-state index contributed by atoms with van der Waals surface area (Å²) in [4.78, 5) is 23.9. The molecule has 13 heavy (non-hydrogen) atoms. The van der Waals surface area contributed by atoms with E-state index in [-0.39, 0.29) is 17.9 Å². The van der Waals surface area contributed by atoms with Crippen molar-refractivity contribution in [1.82, 2.24) is 4.90 Å². The molecule has 0 aliphatic carbocycles. The van der Waals surface area contributed by atoms with E-state index in [2.05, 4.69) is 6.92 Å². The fraction of sp³-hybridized carbons (Fsp3) is 0.800. The number of ketones is 1. The van der Waals surface area contributed by atoms with E-state index in [1.807, 2.05) is 11.9 Å². The van der Waals surface area contributed by atoms with Gasteiger partial charge in [-0.25, -0.2) is 0 Å². The maximum Gasteiger partial charge on any atom is 0.146 e. The Bertz CT molecular complexity index is 213. The molecule has 0 amide bonds. The van der Waals surface area contributed by atoms with Gasteiger partial charge < -0.3 is 4.79 Å². The fourth-order valence-electron chi connectivity index (χ4n) is 2.20. The van der Waals surface area contributed by atoms with Gasteiger partial charge in [-0.1, -0.05) is 13.3 Å². The number of nitrogens with zero attached hydrogens (tertiary/aromatic N) is 1. The van der Waals surface area contributed by atoms with Crippen LogP contribution in [0.15, 0.2) is 0 Å². The fourth-order valence-corrected chi connectivity index (χ4v) is 2.20. The van der Waals surface area contributed by atoms with Gasteiger partial charge in [0.1, 0.15) is 12.1 Å². The molecule has 1 rings (SSSR count). The highest BCUT2D eigenvalue weighted by molar-refractivity contribution is 5.82. The molecule has 0 aromatic rings. The number of hydrogen-bond acceptors (Lipinski definition) is 3. The second-order valence-corrected chi connectivity index (χ2v) is 3.82. The highest BCUT2D eigenvalue weighted by atomic mass is 16.1. The quantitative estimate of drug-likeness (QED) is 0.609. The van der Waals surface area contributed by atoms with Crippen molar-refractivity contribution in [2.45, 2.75) is 38.8 Å². The Balaban J connectivity index is 2.76. The summed E-state index contributed by atoms with van der Waals surface area (Å²) in [6.07, 6.45) is 2.78. The molecule has 74 valence electrons. The number of hydrogen-bond donors (Lipinski definition) is 0. The van der Waals surface area contributed by atoms with Gasteiger partial charge in [0.2, 0.25) is 0 Å². The summed E-state index contributed by atoms with van der Waals surface area (Å²) in [5.41, 5.74) is 0. The molecule has 3 atom stereocenters. The first-order chi connectivity index (χ1) is 6.11. The third kappa shape index (κ3) is 1.80. The summed E-state index contributed by atoms with van der Waals surface area (Å²) in [6, 6.07) is -0.0981. The van der Waals surface area contributed by atoms with Gasteiger partial charge in [-0.2, -0.15) is 0 Å². The molecule has 1 aliphatic rings. The Labute approximate surface area is 79.1 Å². The van der Waals surface area contributed by atoms with Crippen LogP contribution in [0.1, 0.15) is 26.7 Å². The standard InChI is InChI=1S/C10H17NO2/c1-4-8-5-9(7(2)13)11(3)10(8)6-12/h6,8-10H,4-5H2,1-3H3/t8-,9-,10+/m1/s1. The van der Waals surface area contributed by atoms with Gasteiger partial charge in [-0.3, -0.25) is 9.69 Å². The zero-order valence-electron chi connectivity index (χ0n) is 8.49. The van der Waals surface area contributed by atoms with E-state index in [0.29, 0.717) is 5.92 Å². The van der Waals surface area contributed by atoms with Crippen LogP contribution >= 0.6 is 0 Å². The molecule has 0 saturated carbocycles. The van der Waals surface area contributed by atoms with Gasteiger partial charge in [0.05, 0.1) is 12.1 Å². The molecule has 1 saturated heterocycles. The van der Waals surface area contributed by atoms with E-state index in [9.17, 15) is 9.59 Å². The smallest absolute Gasteiger partial charge is 0.146 e. The third-order valence-electron chi connectivity index (χ3n) is 3.10. The lowest BCUT2D eigenvalue weighted by molar-refractivity contribution is -0.121. The molecule has 0 N–H and O–H groups in total. The molecule has 1 heterocycles. The number of aldehydes is 1. The molecule has 0 aromatic carbocycles. The second-order valence-electron chi connectivity index (χ2n) is 3.82. The molecule has 1 aliphatic heterocycles. The molecule has 0 radical (unpaired) electrons. The van der Waals surface area contributed by atoms with Crippen LogP contribution in [0.5, 0.6) is 0 Å². The molecule has 3 nitrogen and oxygen atoms in total. The Morgan fingerprint density at radius 3 is 2.54 bits per heavy atom. The molecule has 0 aromatic heterocycles. The van der Waals surface area contributed by atoms with E-state index < -0.39 is 0 Å². The lowest BCUT2D eigenvalue weighted by atomic mass is 9.96. The number of carbonyl (C=O) groups excluding carboxylic acids is 2. The van der Waals surface area contributed by atoms with Gasteiger partial charge in [0.15, 0.2) is 0 Å². The predicted molar refractivity (Wildman–Crippen MR) is 50.5 cm³/mol. The zero-order chi connectivity index (χ0) is 10.0. The van der Waals surface area contributed by atoms with Crippen LogP contribution in [-0.2, 0) is 9.59 Å². The lowest BCUT2D eigenvalue weighted by Gasteiger charge is -2.21. The molecule has 0 unspecified atom stereocenters. The second kappa shape index (κ2) is 4.01. The largest absolute Gasteiger partial charge is 0.302 e. The third-order valence-corrected chi connectivity index (χ3v) is 3.10. The van der Waals surface area contributed by atoms with Gasteiger partial charge in [0, 0.05) is 0 Å². The average Bonchev–Trinajstić information content (AvgIpc) is 2.41. The van der Waals surface area contributed by atoms with Crippen molar-refractivity contribution in [1.29, 1.82) is 0 Å². The molecule has 1 fully saturated rings. The summed E-state index contributed by atoms with van der Waals surface area (Å²) < 4.78 is 0. The van der Waals surface area contributed by atoms with Crippen LogP contribution in [0.4, 0.5) is 0 Å². The summed E-state index contributed by atoms with van der Waals surface area (Å²) in [5, 5.41) is 0. The van der Waals surface area contributed by atoms with Crippen LogP contribution in [-0.4, -0.2) is 36.1 Å². The Kier molecular flexibility index (Phi) is 3.20. The molecular formula is C10H17NO2. The van der Waals surface area contributed by atoms with E-state index in [1.165, 1.54) is 0 Å². The molecular weight excluding hydrogens is 166 g/mol. The van der Waals surface area contributed by atoms with E-state index in [0.717, 1.165) is 19.1 Å². The number of Topliss-reactive ketones (excluding diaryl/α,β-unsaturated/α-hetero) is 1. The predicted octanol–water partition coefficient (Wildman–Crippen LogP) is 0.873. The Morgan fingerprint density at radius 2 is 2.23 bits per heavy atom. The first-order valence-corrected chi connectivity index (χ1v) is 4.79. The zero-order valence-corrected chi connectivity index (χ0v) is 8.49. The van der Waals surface area contributed by atoms with Crippen molar-refractivity contribution >= 4 is 12.1 Å². The normalized spacial score (nSPS) is 34.8. The van der Waals surface area contributed by atoms with Crippen LogP contribution < -0.4 is 0 Å². The maximum atomic E-state index is 11.2. The Morgan fingerprint density at radius 1 is 1.62 bits per heavy atom. The summed E-state index contributed by atoms with van der Waals surface area (Å²) in [6.45, 7) is 3.67. The molecule has 0 spiro atoms. The van der Waals surface area contributed by atoms with Gasteiger partial charge in [0.25, 0.3) is 0 Å². The Hall–Kier alpha value is -0.700. The first kappa shape index (κ1) is 10.4. The number of likely N-dealkylation sites (N-methyl/N-ethyl adjacent to an activating group) is 1. The summed E-state index contributed by atoms with van der Waals surface area (Å²) >= 11 is 0. The minimum Gasteiger partial charge on any atom is -0.302 e. The van der Waals surface area contributed by atoms with Gasteiger partial charge >= 0.3 is 0 Å². The van der Waals surface area contributed by atoms with E-state index >= 15 is 0 Å². The van der Waals surface area contributed by atoms with Crippen LogP contribution in [0, 0.1) is 5.92 Å². The van der Waals surface area contributed by atoms with Gasteiger partial charge in [-0.15, -0.1) is 0 Å². The first-order valence-electron chi connectivity index (χ1n) is 4.79. The highest BCUT2D eigenvalue weighted by Crippen LogP contribution is 2.29. The van der Waals surface area contributed by atoms with Crippen molar-refractivity contribution in [3.63, 3.8) is 0 Å². The van der Waals surface area contributed by atoms with Crippen molar-refractivity contribution < 1.29 is 9.59 Å². The number of carbonyl (C=O) groups is 2. The average molecular weight is 183 g/mol. The lowest BCUT2D eigenvalue weighted by Crippen LogP contribution is -2.38. The van der Waals surface area contributed by atoms with Crippen molar-refractivity contribution in [3.8, 4) is 0 Å².